The normalized spacial score (nSPS) is 11.9. The highest BCUT2D eigenvalue weighted by Crippen LogP contribution is 1.92. The van der Waals surface area contributed by atoms with E-state index in [9.17, 15) is 4.79 Å². The van der Waals surface area contributed by atoms with Gasteiger partial charge in [0.25, 0.3) is 0 Å². The molecule has 0 aliphatic rings. The Morgan fingerprint density at radius 2 is 2.33 bits per heavy atom. The standard InChI is InChI=1S/C7H9NO/c1-7(6-8-2)4-3-5-9/h3-6H,2H2,1H3/b4-3+,7-6+. The summed E-state index contributed by atoms with van der Waals surface area (Å²) in [7, 11) is 0. The van der Waals surface area contributed by atoms with Gasteiger partial charge in [0.2, 0.25) is 0 Å². The van der Waals surface area contributed by atoms with E-state index < -0.39 is 0 Å². The summed E-state index contributed by atoms with van der Waals surface area (Å²) in [5.41, 5.74) is 0.914. The number of aliphatic imine (C=N–C) groups is 1. The zero-order chi connectivity index (χ0) is 7.11. The molecule has 0 fully saturated rings. The summed E-state index contributed by atoms with van der Waals surface area (Å²) in [6.07, 6.45) is 5.39. The lowest BCUT2D eigenvalue weighted by Gasteiger charge is -1.82. The van der Waals surface area contributed by atoms with Crippen LogP contribution in [-0.2, 0) is 4.79 Å². The number of nitrogens with zero attached hydrogens (tertiary/aromatic N) is 1. The van der Waals surface area contributed by atoms with Gasteiger partial charge in [0.15, 0.2) is 0 Å². The second kappa shape index (κ2) is 4.97. The zero-order valence-electron chi connectivity index (χ0n) is 5.37. The summed E-state index contributed by atoms with van der Waals surface area (Å²) in [6, 6.07) is 0. The quantitative estimate of drug-likeness (QED) is 0.241. The van der Waals surface area contributed by atoms with Gasteiger partial charge in [-0.25, -0.2) is 0 Å². The molecule has 9 heavy (non-hydrogen) atoms. The molecule has 0 aliphatic carbocycles. The van der Waals surface area contributed by atoms with Crippen LogP contribution in [0.1, 0.15) is 6.92 Å². The number of allylic oxidation sites excluding steroid dienone is 3. The minimum Gasteiger partial charge on any atom is -0.299 e. The largest absolute Gasteiger partial charge is 0.299 e. The maximum absolute atomic E-state index is 9.75. The van der Waals surface area contributed by atoms with Gasteiger partial charge in [-0.3, -0.25) is 9.79 Å². The van der Waals surface area contributed by atoms with Crippen LogP contribution in [0.25, 0.3) is 0 Å². The van der Waals surface area contributed by atoms with E-state index in [1.54, 1.807) is 12.3 Å². The van der Waals surface area contributed by atoms with Crippen LogP contribution >= 0.6 is 0 Å². The molecular formula is C7H9NO. The number of carbonyl (C=O) groups is 1. The number of hydrogen-bond acceptors (Lipinski definition) is 2. The maximum Gasteiger partial charge on any atom is 0.142 e. The van der Waals surface area contributed by atoms with Gasteiger partial charge >= 0.3 is 0 Å². The number of rotatable bonds is 3. The Labute approximate surface area is 54.6 Å². The Morgan fingerprint density at radius 3 is 2.78 bits per heavy atom. The smallest absolute Gasteiger partial charge is 0.142 e. The fourth-order valence-corrected chi connectivity index (χ4v) is 0.378. The van der Waals surface area contributed by atoms with E-state index in [1.165, 1.54) is 6.08 Å². The molecule has 0 heterocycles. The van der Waals surface area contributed by atoms with Crippen molar-refractivity contribution in [2.24, 2.45) is 4.99 Å². The van der Waals surface area contributed by atoms with Crippen molar-refractivity contribution in [2.75, 3.05) is 0 Å². The molecule has 48 valence electrons. The van der Waals surface area contributed by atoms with E-state index in [2.05, 4.69) is 11.7 Å². The summed E-state index contributed by atoms with van der Waals surface area (Å²) >= 11 is 0. The van der Waals surface area contributed by atoms with Crippen molar-refractivity contribution < 1.29 is 4.79 Å². The molecule has 0 saturated heterocycles. The summed E-state index contributed by atoms with van der Waals surface area (Å²) < 4.78 is 0. The summed E-state index contributed by atoms with van der Waals surface area (Å²) in [5.74, 6) is 0. The Bertz CT molecular complexity index is 156. The lowest BCUT2D eigenvalue weighted by Crippen LogP contribution is -1.66. The van der Waals surface area contributed by atoms with Crippen molar-refractivity contribution >= 4 is 13.0 Å². The molecule has 0 aliphatic heterocycles. The monoisotopic (exact) mass is 123 g/mol. The van der Waals surface area contributed by atoms with E-state index in [-0.39, 0.29) is 0 Å². The highest BCUT2D eigenvalue weighted by molar-refractivity contribution is 5.65. The fraction of sp³-hybridized carbons (Fsp3) is 0.143. The van der Waals surface area contributed by atoms with Gasteiger partial charge < -0.3 is 0 Å². The second-order valence-electron chi connectivity index (χ2n) is 1.55. The average molecular weight is 123 g/mol. The second-order valence-corrected chi connectivity index (χ2v) is 1.55. The third kappa shape index (κ3) is 4.68. The predicted octanol–water partition coefficient (Wildman–Crippen LogP) is 1.35. The first-order chi connectivity index (χ1) is 4.31. The van der Waals surface area contributed by atoms with Crippen LogP contribution in [0.3, 0.4) is 0 Å². The SMILES string of the molecule is C=N/C=C(C)/C=C/C=O. The van der Waals surface area contributed by atoms with Crippen molar-refractivity contribution in [3.63, 3.8) is 0 Å². The van der Waals surface area contributed by atoms with Gasteiger partial charge in [-0.2, -0.15) is 0 Å². The third-order valence-corrected chi connectivity index (χ3v) is 0.733. The topological polar surface area (TPSA) is 29.4 Å². The van der Waals surface area contributed by atoms with E-state index in [0.29, 0.717) is 0 Å². The van der Waals surface area contributed by atoms with E-state index >= 15 is 0 Å². The van der Waals surface area contributed by atoms with Crippen molar-refractivity contribution in [1.29, 1.82) is 0 Å². The van der Waals surface area contributed by atoms with Gasteiger partial charge in [0, 0.05) is 6.20 Å². The minimum absolute atomic E-state index is 0.723. The lowest BCUT2D eigenvalue weighted by atomic mass is 10.3. The predicted molar refractivity (Wildman–Crippen MR) is 38.5 cm³/mol. The molecule has 0 N–H and O–H groups in total. The van der Waals surface area contributed by atoms with Gasteiger partial charge in [0.05, 0.1) is 0 Å². The molecule has 0 aromatic heterocycles. The molecule has 0 amide bonds. The summed E-state index contributed by atoms with van der Waals surface area (Å²) in [4.78, 5) is 13.3. The summed E-state index contributed by atoms with van der Waals surface area (Å²) in [5, 5.41) is 0. The first-order valence-electron chi connectivity index (χ1n) is 2.55. The van der Waals surface area contributed by atoms with Gasteiger partial charge in [0.1, 0.15) is 6.29 Å². The number of aldehydes is 1. The molecule has 0 rings (SSSR count). The van der Waals surface area contributed by atoms with Crippen LogP contribution in [0.4, 0.5) is 0 Å². The van der Waals surface area contributed by atoms with Crippen LogP contribution in [0, 0.1) is 0 Å². The molecule has 0 aromatic carbocycles. The molecule has 0 spiro atoms. The molecule has 0 aromatic rings. The average Bonchev–Trinajstić information content (AvgIpc) is 1.85. The molecule has 0 saturated carbocycles. The zero-order valence-corrected chi connectivity index (χ0v) is 5.37. The van der Waals surface area contributed by atoms with Crippen LogP contribution < -0.4 is 0 Å². The van der Waals surface area contributed by atoms with Gasteiger partial charge in [-0.15, -0.1) is 0 Å². The Balaban J connectivity index is 3.88. The van der Waals surface area contributed by atoms with Crippen LogP contribution in [0.2, 0.25) is 0 Å². The molecule has 0 bridgehead atoms. The van der Waals surface area contributed by atoms with Crippen LogP contribution in [0.5, 0.6) is 0 Å². The minimum atomic E-state index is 0.723. The van der Waals surface area contributed by atoms with Gasteiger partial charge in [-0.05, 0) is 25.3 Å². The molecular weight excluding hydrogens is 114 g/mol. The van der Waals surface area contributed by atoms with Crippen LogP contribution in [0.15, 0.2) is 28.9 Å². The molecule has 0 unspecified atom stereocenters. The first kappa shape index (κ1) is 7.82. The van der Waals surface area contributed by atoms with Crippen molar-refractivity contribution in [1.82, 2.24) is 0 Å². The maximum atomic E-state index is 9.75. The highest BCUT2D eigenvalue weighted by atomic mass is 16.1. The van der Waals surface area contributed by atoms with Crippen molar-refractivity contribution in [2.45, 2.75) is 6.92 Å². The van der Waals surface area contributed by atoms with E-state index in [0.717, 1.165) is 11.9 Å². The Kier molecular flexibility index (Phi) is 4.32. The molecule has 0 radical (unpaired) electrons. The van der Waals surface area contributed by atoms with Crippen molar-refractivity contribution in [3.8, 4) is 0 Å². The molecule has 0 atom stereocenters. The van der Waals surface area contributed by atoms with E-state index in [1.807, 2.05) is 6.92 Å². The Hall–Kier alpha value is -1.18. The van der Waals surface area contributed by atoms with Crippen LogP contribution in [-0.4, -0.2) is 13.0 Å². The first-order valence-corrected chi connectivity index (χ1v) is 2.55. The number of carbonyl (C=O) groups excluding carboxylic acids is 1. The van der Waals surface area contributed by atoms with Crippen molar-refractivity contribution in [3.05, 3.63) is 23.9 Å². The van der Waals surface area contributed by atoms with E-state index in [4.69, 9.17) is 0 Å². The molecule has 2 heteroatoms. The molecule has 2 nitrogen and oxygen atoms in total. The highest BCUT2D eigenvalue weighted by Gasteiger charge is 1.74. The fourth-order valence-electron chi connectivity index (χ4n) is 0.378. The third-order valence-electron chi connectivity index (χ3n) is 0.733. The number of hydrogen-bond donors (Lipinski definition) is 0. The summed E-state index contributed by atoms with van der Waals surface area (Å²) in [6.45, 7) is 5.10. The van der Waals surface area contributed by atoms with Gasteiger partial charge in [-0.1, -0.05) is 6.08 Å². The Morgan fingerprint density at radius 1 is 1.67 bits per heavy atom. The lowest BCUT2D eigenvalue weighted by molar-refractivity contribution is -0.104.